The summed E-state index contributed by atoms with van der Waals surface area (Å²) in [6.07, 6.45) is 3.56. The average molecular weight is 326 g/mol. The van der Waals surface area contributed by atoms with E-state index < -0.39 is 0 Å². The first kappa shape index (κ1) is 14.2. The maximum Gasteiger partial charge on any atom is 0.137 e. The number of rotatable bonds is 2. The van der Waals surface area contributed by atoms with E-state index in [1.165, 1.54) is 11.6 Å². The summed E-state index contributed by atoms with van der Waals surface area (Å²) >= 11 is 0. The summed E-state index contributed by atoms with van der Waals surface area (Å²) in [5.41, 5.74) is 6.29. The minimum Gasteiger partial charge on any atom is -0.345 e. The second-order valence-corrected chi connectivity index (χ2v) is 6.25. The van der Waals surface area contributed by atoms with Crippen LogP contribution in [0, 0.1) is 5.82 Å². The number of nitrogens with one attached hydrogen (secondary N) is 1. The van der Waals surface area contributed by atoms with E-state index >= 15 is 0 Å². The average Bonchev–Trinajstić information content (AvgIpc) is 3.28. The molecule has 4 aromatic rings. The van der Waals surface area contributed by atoms with E-state index in [2.05, 4.69) is 34.2 Å². The Hall–Kier alpha value is -3.20. The number of nitrogens with zero attached hydrogens (tertiary/aromatic N) is 1. The minimum atomic E-state index is -0.176. The molecule has 1 aliphatic carbocycles. The van der Waals surface area contributed by atoms with Gasteiger partial charge in [0.1, 0.15) is 11.6 Å². The number of halogens is 1. The van der Waals surface area contributed by atoms with Crippen molar-refractivity contribution in [2.24, 2.45) is 0 Å². The number of benzene rings is 3. The van der Waals surface area contributed by atoms with Crippen LogP contribution in [-0.4, -0.2) is 9.97 Å². The maximum absolute atomic E-state index is 14.7. The quantitative estimate of drug-likeness (QED) is 0.464. The van der Waals surface area contributed by atoms with Crippen LogP contribution >= 0.6 is 0 Å². The topological polar surface area (TPSA) is 28.7 Å². The summed E-state index contributed by atoms with van der Waals surface area (Å²) in [7, 11) is 0. The third-order valence-corrected chi connectivity index (χ3v) is 4.93. The van der Waals surface area contributed by atoms with E-state index in [9.17, 15) is 4.39 Å². The van der Waals surface area contributed by atoms with Crippen molar-refractivity contribution in [2.45, 2.75) is 5.92 Å². The van der Waals surface area contributed by atoms with Crippen LogP contribution in [0.3, 0.4) is 0 Å². The first-order valence-corrected chi connectivity index (χ1v) is 8.31. The molecule has 0 saturated heterocycles. The Bertz CT molecular complexity index is 1070. The molecule has 1 heterocycles. The highest BCUT2D eigenvalue weighted by Crippen LogP contribution is 2.51. The summed E-state index contributed by atoms with van der Waals surface area (Å²) in [5.74, 6) is 0.504. The number of aromatic amines is 1. The highest BCUT2D eigenvalue weighted by molar-refractivity contribution is 5.86. The van der Waals surface area contributed by atoms with Crippen LogP contribution in [0.2, 0.25) is 0 Å². The number of hydrogen-bond acceptors (Lipinski definition) is 1. The molecule has 1 N–H and O–H groups in total. The van der Waals surface area contributed by atoms with Gasteiger partial charge in [-0.15, -0.1) is 0 Å². The van der Waals surface area contributed by atoms with Gasteiger partial charge in [-0.1, -0.05) is 60.7 Å². The zero-order valence-electron chi connectivity index (χ0n) is 13.4. The monoisotopic (exact) mass is 326 g/mol. The second kappa shape index (κ2) is 5.42. The van der Waals surface area contributed by atoms with Crippen LogP contribution in [0.4, 0.5) is 4.39 Å². The van der Waals surface area contributed by atoms with Gasteiger partial charge in [-0.25, -0.2) is 9.37 Å². The molecular formula is C22H15FN2. The van der Waals surface area contributed by atoms with E-state index in [-0.39, 0.29) is 11.7 Å². The first-order valence-electron chi connectivity index (χ1n) is 8.31. The Labute approximate surface area is 145 Å². The fraction of sp³-hybridized carbons (Fsp3) is 0.0455. The molecule has 2 nitrogen and oxygen atoms in total. The van der Waals surface area contributed by atoms with Gasteiger partial charge in [0, 0.05) is 23.9 Å². The molecular weight excluding hydrogens is 311 g/mol. The molecule has 3 aromatic carbocycles. The van der Waals surface area contributed by atoms with Gasteiger partial charge in [0.25, 0.3) is 0 Å². The third kappa shape index (κ3) is 2.06. The third-order valence-electron chi connectivity index (χ3n) is 4.93. The van der Waals surface area contributed by atoms with Gasteiger partial charge in [0.05, 0.1) is 0 Å². The van der Waals surface area contributed by atoms with Crippen molar-refractivity contribution in [1.29, 1.82) is 0 Å². The van der Waals surface area contributed by atoms with Crippen LogP contribution in [0.5, 0.6) is 0 Å². The molecule has 1 aromatic heterocycles. The van der Waals surface area contributed by atoms with Gasteiger partial charge in [-0.05, 0) is 33.9 Å². The lowest BCUT2D eigenvalue weighted by Crippen LogP contribution is -2.04. The summed E-state index contributed by atoms with van der Waals surface area (Å²) in [6, 6.07) is 21.5. The van der Waals surface area contributed by atoms with E-state index in [4.69, 9.17) is 0 Å². The summed E-state index contributed by atoms with van der Waals surface area (Å²) < 4.78 is 14.7. The van der Waals surface area contributed by atoms with Crippen LogP contribution < -0.4 is 0 Å². The van der Waals surface area contributed by atoms with Crippen molar-refractivity contribution in [3.8, 4) is 22.5 Å². The molecule has 3 heteroatoms. The van der Waals surface area contributed by atoms with Gasteiger partial charge in [0.2, 0.25) is 0 Å². The van der Waals surface area contributed by atoms with E-state index in [1.54, 1.807) is 12.3 Å². The van der Waals surface area contributed by atoms with Crippen LogP contribution in [0.1, 0.15) is 22.6 Å². The van der Waals surface area contributed by atoms with Gasteiger partial charge in [0.15, 0.2) is 0 Å². The molecule has 0 amide bonds. The lowest BCUT2D eigenvalue weighted by molar-refractivity contribution is 0.608. The predicted molar refractivity (Wildman–Crippen MR) is 96.8 cm³/mol. The molecule has 120 valence electrons. The molecule has 25 heavy (non-hydrogen) atoms. The normalized spacial score (nSPS) is 15.0. The summed E-state index contributed by atoms with van der Waals surface area (Å²) in [5, 5.41) is 0. The maximum atomic E-state index is 14.7. The molecule has 0 aliphatic heterocycles. The molecule has 0 spiro atoms. The van der Waals surface area contributed by atoms with Crippen molar-refractivity contribution in [3.63, 3.8) is 0 Å². The standard InChI is InChI=1S/C22H15FN2/c23-19-11-4-3-8-17(19)20-15-7-2-1-6-14(15)16-9-5-10-18(21(16)20)22-24-12-13-25-22/h1-13,20H,(H,24,25). The van der Waals surface area contributed by atoms with Crippen molar-refractivity contribution >= 4 is 0 Å². The SMILES string of the molecule is Fc1ccccc1C1c2ccccc2-c2cccc(-c3ncc[nH]3)c21. The van der Waals surface area contributed by atoms with Gasteiger partial charge in [-0.2, -0.15) is 0 Å². The lowest BCUT2D eigenvalue weighted by atomic mass is 9.86. The highest BCUT2D eigenvalue weighted by atomic mass is 19.1. The summed E-state index contributed by atoms with van der Waals surface area (Å²) in [4.78, 5) is 7.62. The van der Waals surface area contributed by atoms with Crippen LogP contribution in [0.25, 0.3) is 22.5 Å². The smallest absolute Gasteiger partial charge is 0.137 e. The minimum absolute atomic E-state index is 0.131. The van der Waals surface area contributed by atoms with Gasteiger partial charge in [-0.3, -0.25) is 0 Å². The number of fused-ring (bicyclic) bond motifs is 3. The van der Waals surface area contributed by atoms with E-state index in [1.807, 2.05) is 36.5 Å². The molecule has 0 bridgehead atoms. The van der Waals surface area contributed by atoms with Gasteiger partial charge < -0.3 is 4.98 Å². The van der Waals surface area contributed by atoms with E-state index in [0.29, 0.717) is 5.56 Å². The Kier molecular flexibility index (Phi) is 3.07. The number of H-pyrrole nitrogens is 1. The van der Waals surface area contributed by atoms with Crippen molar-refractivity contribution in [1.82, 2.24) is 9.97 Å². The number of imidazole rings is 1. The lowest BCUT2D eigenvalue weighted by Gasteiger charge is -2.17. The molecule has 0 saturated carbocycles. The highest BCUT2D eigenvalue weighted by Gasteiger charge is 2.33. The fourth-order valence-electron chi connectivity index (χ4n) is 3.91. The van der Waals surface area contributed by atoms with Crippen molar-refractivity contribution in [2.75, 3.05) is 0 Å². The van der Waals surface area contributed by atoms with Crippen molar-refractivity contribution in [3.05, 3.63) is 102 Å². The van der Waals surface area contributed by atoms with Crippen LogP contribution in [0.15, 0.2) is 79.1 Å². The molecule has 1 unspecified atom stereocenters. The number of hydrogen-bond donors (Lipinski definition) is 1. The molecule has 0 radical (unpaired) electrons. The predicted octanol–water partition coefficient (Wildman–Crippen LogP) is 5.38. The Morgan fingerprint density at radius 1 is 0.760 bits per heavy atom. The Morgan fingerprint density at radius 2 is 1.48 bits per heavy atom. The molecule has 1 aliphatic rings. The van der Waals surface area contributed by atoms with E-state index in [0.717, 1.165) is 28.1 Å². The molecule has 0 fully saturated rings. The Balaban J connectivity index is 1.86. The molecule has 5 rings (SSSR count). The van der Waals surface area contributed by atoms with Crippen molar-refractivity contribution < 1.29 is 4.39 Å². The number of aromatic nitrogens is 2. The fourth-order valence-corrected chi connectivity index (χ4v) is 3.91. The molecule has 1 atom stereocenters. The summed E-state index contributed by atoms with van der Waals surface area (Å²) in [6.45, 7) is 0. The zero-order chi connectivity index (χ0) is 16.8. The van der Waals surface area contributed by atoms with Gasteiger partial charge >= 0.3 is 0 Å². The second-order valence-electron chi connectivity index (χ2n) is 6.25. The largest absolute Gasteiger partial charge is 0.345 e. The Morgan fingerprint density at radius 3 is 2.28 bits per heavy atom. The first-order chi connectivity index (χ1) is 12.3. The zero-order valence-corrected chi connectivity index (χ0v) is 13.4. The van der Waals surface area contributed by atoms with Crippen LogP contribution in [-0.2, 0) is 0 Å².